The standard InChI is InChI=1S/C20H12/c1-3-9-15-13(7-1)17-11-5-6-12-18-14-8-2-4-10-16(14)19(15)20(17)18/h1-12H. The van der Waals surface area contributed by atoms with Gasteiger partial charge in [-0.05, 0) is 43.1 Å². The molecule has 92 valence electrons. The molecular weight excluding hydrogens is 240 g/mol. The molecule has 0 nitrogen and oxygen atoms in total. The van der Waals surface area contributed by atoms with Crippen molar-refractivity contribution < 1.29 is 0 Å². The smallest absolute Gasteiger partial charge is 0.00139 e. The van der Waals surface area contributed by atoms with E-state index in [0.717, 1.165) is 0 Å². The van der Waals surface area contributed by atoms with Gasteiger partial charge in [0.1, 0.15) is 0 Å². The monoisotopic (exact) mass is 252 g/mol. The Balaban J connectivity index is 2.32. The van der Waals surface area contributed by atoms with Crippen molar-refractivity contribution in [2.45, 2.75) is 0 Å². The van der Waals surface area contributed by atoms with Gasteiger partial charge in [-0.3, -0.25) is 0 Å². The summed E-state index contributed by atoms with van der Waals surface area (Å²) in [5, 5.41) is 11.0. The molecule has 0 heteroatoms. The van der Waals surface area contributed by atoms with Crippen molar-refractivity contribution in [1.29, 1.82) is 0 Å². The van der Waals surface area contributed by atoms with Crippen LogP contribution in [-0.2, 0) is 0 Å². The molecule has 0 N–H and O–H groups in total. The highest BCUT2D eigenvalue weighted by atomic mass is 14.2. The van der Waals surface area contributed by atoms with Crippen molar-refractivity contribution in [3.63, 3.8) is 0 Å². The van der Waals surface area contributed by atoms with Crippen LogP contribution in [0.4, 0.5) is 0 Å². The lowest BCUT2D eigenvalue weighted by Gasteiger charge is -1.93. The van der Waals surface area contributed by atoms with E-state index in [1.165, 1.54) is 43.1 Å². The van der Waals surface area contributed by atoms with Gasteiger partial charge in [-0.15, -0.1) is 0 Å². The molecule has 5 aromatic carbocycles. The van der Waals surface area contributed by atoms with Crippen LogP contribution >= 0.6 is 0 Å². The minimum absolute atomic E-state index is 1.37. The average molecular weight is 252 g/mol. The van der Waals surface area contributed by atoms with E-state index in [9.17, 15) is 0 Å². The van der Waals surface area contributed by atoms with Gasteiger partial charge in [0.2, 0.25) is 0 Å². The third kappa shape index (κ3) is 1.08. The van der Waals surface area contributed by atoms with Gasteiger partial charge >= 0.3 is 0 Å². The molecule has 0 saturated carbocycles. The number of hydrogen-bond acceptors (Lipinski definition) is 0. The Kier molecular flexibility index (Phi) is 1.78. The molecule has 0 atom stereocenters. The highest BCUT2D eigenvalue weighted by Gasteiger charge is 2.15. The molecule has 0 fully saturated rings. The summed E-state index contributed by atoms with van der Waals surface area (Å²) in [4.78, 5) is 0. The summed E-state index contributed by atoms with van der Waals surface area (Å²) in [6.07, 6.45) is 0. The van der Waals surface area contributed by atoms with Crippen molar-refractivity contribution in [3.05, 3.63) is 72.8 Å². The SMILES string of the molecule is c1ccc2c(c1)c1ccccc3c4ccccc4c2c13. The Hall–Kier alpha value is -2.60. The predicted molar refractivity (Wildman–Crippen MR) is 87.7 cm³/mol. The molecule has 0 saturated heterocycles. The maximum Gasteiger partial charge on any atom is -0.00139 e. The Morgan fingerprint density at radius 3 is 0.850 bits per heavy atom. The first-order valence-electron chi connectivity index (χ1n) is 6.98. The summed E-state index contributed by atoms with van der Waals surface area (Å²) in [5.74, 6) is 0. The average Bonchev–Trinajstić information content (AvgIpc) is 2.88. The van der Waals surface area contributed by atoms with Crippen molar-refractivity contribution in [3.8, 4) is 0 Å². The highest BCUT2D eigenvalue weighted by molar-refractivity contribution is 6.41. The molecule has 0 aromatic heterocycles. The van der Waals surface area contributed by atoms with E-state index >= 15 is 0 Å². The normalized spacial score (nSPS) is 12.0. The van der Waals surface area contributed by atoms with Crippen LogP contribution in [0.2, 0.25) is 0 Å². The van der Waals surface area contributed by atoms with Crippen LogP contribution < -0.4 is 0 Å². The first-order valence-corrected chi connectivity index (χ1v) is 6.98. The number of benzene rings is 2. The van der Waals surface area contributed by atoms with Crippen LogP contribution in [0.25, 0.3) is 43.1 Å². The predicted octanol–water partition coefficient (Wildman–Crippen LogP) is 5.74. The van der Waals surface area contributed by atoms with E-state index in [0.29, 0.717) is 0 Å². The Labute approximate surface area is 116 Å². The number of rotatable bonds is 0. The molecule has 0 radical (unpaired) electrons. The van der Waals surface area contributed by atoms with E-state index in [1.54, 1.807) is 0 Å². The molecular formula is C20H12. The fourth-order valence-corrected chi connectivity index (χ4v) is 3.62. The fourth-order valence-electron chi connectivity index (χ4n) is 3.62. The quantitative estimate of drug-likeness (QED) is 0.330. The second kappa shape index (κ2) is 3.49. The molecule has 0 aliphatic carbocycles. The van der Waals surface area contributed by atoms with Crippen molar-refractivity contribution in [2.75, 3.05) is 0 Å². The van der Waals surface area contributed by atoms with E-state index in [1.807, 2.05) is 0 Å². The highest BCUT2D eigenvalue weighted by Crippen LogP contribution is 2.44. The van der Waals surface area contributed by atoms with E-state index in [2.05, 4.69) is 72.8 Å². The summed E-state index contributed by atoms with van der Waals surface area (Å²) >= 11 is 0. The van der Waals surface area contributed by atoms with Crippen LogP contribution in [-0.4, -0.2) is 0 Å². The third-order valence-electron chi connectivity index (χ3n) is 4.40. The van der Waals surface area contributed by atoms with E-state index < -0.39 is 0 Å². The van der Waals surface area contributed by atoms with Crippen molar-refractivity contribution in [2.24, 2.45) is 0 Å². The third-order valence-corrected chi connectivity index (χ3v) is 4.40. The minimum Gasteiger partial charge on any atom is -0.0616 e. The van der Waals surface area contributed by atoms with Gasteiger partial charge in [0.15, 0.2) is 0 Å². The molecule has 0 aliphatic heterocycles. The van der Waals surface area contributed by atoms with Gasteiger partial charge in [0.25, 0.3) is 0 Å². The molecule has 0 unspecified atom stereocenters. The molecule has 5 rings (SSSR count). The van der Waals surface area contributed by atoms with Gasteiger partial charge in [0, 0.05) is 0 Å². The summed E-state index contributed by atoms with van der Waals surface area (Å²) in [6, 6.07) is 26.3. The van der Waals surface area contributed by atoms with Gasteiger partial charge < -0.3 is 0 Å². The molecule has 0 aliphatic rings. The zero-order valence-corrected chi connectivity index (χ0v) is 10.9. The lowest BCUT2D eigenvalue weighted by molar-refractivity contribution is 1.85. The van der Waals surface area contributed by atoms with Crippen molar-refractivity contribution >= 4 is 43.1 Å². The lowest BCUT2D eigenvalue weighted by Crippen LogP contribution is -1.66. The number of hydrogen-bond donors (Lipinski definition) is 0. The van der Waals surface area contributed by atoms with E-state index in [4.69, 9.17) is 0 Å². The number of fused-ring (bicyclic) bond motifs is 6. The Morgan fingerprint density at radius 2 is 0.550 bits per heavy atom. The fraction of sp³-hybridized carbons (Fsp3) is 0. The topological polar surface area (TPSA) is 0 Å². The van der Waals surface area contributed by atoms with Crippen LogP contribution in [0.3, 0.4) is 0 Å². The molecule has 0 heterocycles. The molecule has 5 aromatic rings. The largest absolute Gasteiger partial charge is 0.0616 e. The minimum atomic E-state index is 1.37. The second-order valence-electron chi connectivity index (χ2n) is 5.39. The molecule has 0 spiro atoms. The maximum atomic E-state index is 2.25. The van der Waals surface area contributed by atoms with Crippen LogP contribution in [0.15, 0.2) is 72.8 Å². The zero-order chi connectivity index (χ0) is 13.1. The zero-order valence-electron chi connectivity index (χ0n) is 10.9. The Morgan fingerprint density at radius 1 is 0.300 bits per heavy atom. The van der Waals surface area contributed by atoms with Crippen LogP contribution in [0.5, 0.6) is 0 Å². The summed E-state index contributed by atoms with van der Waals surface area (Å²) in [5.41, 5.74) is 0. The Bertz CT molecular complexity index is 1000. The van der Waals surface area contributed by atoms with Crippen LogP contribution in [0.1, 0.15) is 0 Å². The van der Waals surface area contributed by atoms with Gasteiger partial charge in [0.05, 0.1) is 0 Å². The first kappa shape index (κ1) is 10.2. The summed E-state index contributed by atoms with van der Waals surface area (Å²) < 4.78 is 0. The van der Waals surface area contributed by atoms with Crippen molar-refractivity contribution in [1.82, 2.24) is 0 Å². The second-order valence-corrected chi connectivity index (χ2v) is 5.39. The summed E-state index contributed by atoms with van der Waals surface area (Å²) in [6.45, 7) is 0. The maximum absolute atomic E-state index is 2.25. The van der Waals surface area contributed by atoms with Crippen LogP contribution in [0, 0.1) is 0 Å². The van der Waals surface area contributed by atoms with Gasteiger partial charge in [-0.25, -0.2) is 0 Å². The van der Waals surface area contributed by atoms with Gasteiger partial charge in [-0.2, -0.15) is 0 Å². The lowest BCUT2D eigenvalue weighted by atomic mass is 10.1. The molecule has 20 heavy (non-hydrogen) atoms. The summed E-state index contributed by atoms with van der Waals surface area (Å²) in [7, 11) is 0. The van der Waals surface area contributed by atoms with Gasteiger partial charge in [-0.1, -0.05) is 72.8 Å². The molecule has 0 bridgehead atoms. The van der Waals surface area contributed by atoms with E-state index in [-0.39, 0.29) is 0 Å². The molecule has 0 amide bonds. The first-order chi connectivity index (χ1) is 9.95.